The molecule has 3 fully saturated rings. The van der Waals surface area contributed by atoms with Crippen LogP contribution in [0.5, 0.6) is 0 Å². The lowest BCUT2D eigenvalue weighted by Gasteiger charge is -2.31. The molecule has 0 aromatic rings. The predicted molar refractivity (Wildman–Crippen MR) is 61.7 cm³/mol. The molecule has 16 heavy (non-hydrogen) atoms. The van der Waals surface area contributed by atoms with Gasteiger partial charge >= 0.3 is 5.97 Å². The van der Waals surface area contributed by atoms with Crippen LogP contribution in [-0.4, -0.2) is 12.6 Å². The molecule has 3 saturated carbocycles. The Morgan fingerprint density at radius 2 is 2.06 bits per heavy atom. The number of ether oxygens (including phenoxy) is 1. The Bertz CT molecular complexity index is 310. The highest BCUT2D eigenvalue weighted by molar-refractivity contribution is 5.81. The summed E-state index contributed by atoms with van der Waals surface area (Å²) in [7, 11) is 0. The molecule has 0 amide bonds. The Morgan fingerprint density at radius 3 is 2.88 bits per heavy atom. The van der Waals surface area contributed by atoms with Gasteiger partial charge in [0.25, 0.3) is 0 Å². The first kappa shape index (κ1) is 10.4. The monoisotopic (exact) mass is 220 g/mol. The van der Waals surface area contributed by atoms with Crippen molar-refractivity contribution in [2.45, 2.75) is 32.1 Å². The third-order valence-electron chi connectivity index (χ3n) is 5.17. The molecule has 0 heterocycles. The van der Waals surface area contributed by atoms with E-state index in [0.29, 0.717) is 12.5 Å². The fourth-order valence-corrected chi connectivity index (χ4v) is 4.65. The summed E-state index contributed by atoms with van der Waals surface area (Å²) in [6.45, 7) is 4.07. The second kappa shape index (κ2) is 3.90. The topological polar surface area (TPSA) is 26.3 Å². The summed E-state index contributed by atoms with van der Waals surface area (Å²) in [5.41, 5.74) is 0. The molecule has 0 spiro atoms. The van der Waals surface area contributed by atoms with Crippen LogP contribution in [0.15, 0.2) is 12.7 Å². The lowest BCUT2D eigenvalue weighted by molar-refractivity contribution is -0.139. The normalized spacial score (nSPS) is 44.4. The first-order chi connectivity index (χ1) is 7.79. The molecule has 0 aromatic heterocycles. The van der Waals surface area contributed by atoms with Crippen molar-refractivity contribution in [1.29, 1.82) is 0 Å². The van der Waals surface area contributed by atoms with Crippen molar-refractivity contribution in [3.8, 4) is 0 Å². The van der Waals surface area contributed by atoms with E-state index in [9.17, 15) is 4.79 Å². The van der Waals surface area contributed by atoms with Crippen molar-refractivity contribution in [3.05, 3.63) is 12.7 Å². The van der Waals surface area contributed by atoms with Gasteiger partial charge in [0.15, 0.2) is 0 Å². The van der Waals surface area contributed by atoms with E-state index in [1.165, 1.54) is 38.2 Å². The molecular formula is C14H20O2. The van der Waals surface area contributed by atoms with E-state index in [1.807, 2.05) is 0 Å². The molecule has 2 bridgehead atoms. The zero-order valence-electron chi connectivity index (χ0n) is 9.73. The van der Waals surface area contributed by atoms with Crippen LogP contribution in [-0.2, 0) is 9.53 Å². The maximum Gasteiger partial charge on any atom is 0.330 e. The van der Waals surface area contributed by atoms with Gasteiger partial charge in [-0.25, -0.2) is 4.79 Å². The van der Waals surface area contributed by atoms with E-state index >= 15 is 0 Å². The summed E-state index contributed by atoms with van der Waals surface area (Å²) in [4.78, 5) is 11.1. The molecular weight excluding hydrogens is 200 g/mol. The molecule has 2 nitrogen and oxygen atoms in total. The summed E-state index contributed by atoms with van der Waals surface area (Å²) in [6, 6.07) is 0. The van der Waals surface area contributed by atoms with E-state index in [0.717, 1.165) is 23.7 Å². The summed E-state index contributed by atoms with van der Waals surface area (Å²) < 4.78 is 5.22. The molecule has 3 aliphatic carbocycles. The van der Waals surface area contributed by atoms with Crippen molar-refractivity contribution in [3.63, 3.8) is 0 Å². The third kappa shape index (κ3) is 1.50. The maximum absolute atomic E-state index is 11.1. The molecule has 5 atom stereocenters. The number of rotatable bonds is 3. The number of carbonyl (C=O) groups is 1. The van der Waals surface area contributed by atoms with Crippen LogP contribution >= 0.6 is 0 Å². The molecule has 3 aliphatic rings. The van der Waals surface area contributed by atoms with Crippen LogP contribution < -0.4 is 0 Å². The number of esters is 1. The zero-order valence-corrected chi connectivity index (χ0v) is 9.73. The highest BCUT2D eigenvalue weighted by Gasteiger charge is 2.53. The highest BCUT2D eigenvalue weighted by atomic mass is 16.5. The Labute approximate surface area is 97.1 Å². The van der Waals surface area contributed by atoms with Crippen molar-refractivity contribution < 1.29 is 9.53 Å². The highest BCUT2D eigenvalue weighted by Crippen LogP contribution is 2.60. The Kier molecular flexibility index (Phi) is 2.53. The van der Waals surface area contributed by atoms with Crippen molar-refractivity contribution >= 4 is 5.97 Å². The molecule has 0 radical (unpaired) electrons. The molecule has 0 saturated heterocycles. The lowest BCUT2D eigenvalue weighted by Crippen LogP contribution is -2.28. The van der Waals surface area contributed by atoms with Crippen molar-refractivity contribution in [2.24, 2.45) is 29.6 Å². The number of hydrogen-bond acceptors (Lipinski definition) is 2. The zero-order chi connectivity index (χ0) is 11.1. The van der Waals surface area contributed by atoms with E-state index in [1.54, 1.807) is 0 Å². The summed E-state index contributed by atoms with van der Waals surface area (Å²) in [5, 5.41) is 0. The minimum absolute atomic E-state index is 0.259. The lowest BCUT2D eigenvalue weighted by atomic mass is 9.76. The Morgan fingerprint density at radius 1 is 1.25 bits per heavy atom. The fraction of sp³-hybridized carbons (Fsp3) is 0.786. The standard InChI is InChI=1S/C14H20O2/c1-2-14(15)16-8-10-6-9-7-13(10)12-5-3-4-11(9)12/h2,9-13H,1,3-8H2. The minimum Gasteiger partial charge on any atom is -0.462 e. The average Bonchev–Trinajstić information content (AvgIpc) is 2.96. The SMILES string of the molecule is C=CC(=O)OCC1CC2CC1C1CCCC21. The second-order valence-corrected chi connectivity index (χ2v) is 5.75. The Balaban J connectivity index is 1.59. The van der Waals surface area contributed by atoms with E-state index < -0.39 is 0 Å². The molecule has 88 valence electrons. The van der Waals surface area contributed by atoms with Crippen LogP contribution in [0.1, 0.15) is 32.1 Å². The smallest absolute Gasteiger partial charge is 0.330 e. The van der Waals surface area contributed by atoms with E-state index in [2.05, 4.69) is 6.58 Å². The number of carbonyl (C=O) groups excluding carboxylic acids is 1. The predicted octanol–water partition coefficient (Wildman–Crippen LogP) is 2.79. The van der Waals surface area contributed by atoms with Gasteiger partial charge in [0.05, 0.1) is 6.61 Å². The molecule has 2 heteroatoms. The van der Waals surface area contributed by atoms with Crippen LogP contribution in [0.25, 0.3) is 0 Å². The molecule has 0 N–H and O–H groups in total. The van der Waals surface area contributed by atoms with Gasteiger partial charge < -0.3 is 4.74 Å². The van der Waals surface area contributed by atoms with Gasteiger partial charge in [0.2, 0.25) is 0 Å². The Hall–Kier alpha value is -0.790. The second-order valence-electron chi connectivity index (χ2n) is 5.75. The summed E-state index contributed by atoms with van der Waals surface area (Å²) in [5.74, 6) is 4.18. The van der Waals surface area contributed by atoms with Gasteiger partial charge in [-0.15, -0.1) is 0 Å². The van der Waals surface area contributed by atoms with Crippen LogP contribution in [0, 0.1) is 29.6 Å². The number of hydrogen-bond donors (Lipinski definition) is 0. The van der Waals surface area contributed by atoms with E-state index in [-0.39, 0.29) is 5.97 Å². The van der Waals surface area contributed by atoms with Gasteiger partial charge in [-0.05, 0) is 55.3 Å². The van der Waals surface area contributed by atoms with Crippen LogP contribution in [0.4, 0.5) is 0 Å². The van der Waals surface area contributed by atoms with E-state index in [4.69, 9.17) is 4.74 Å². The number of fused-ring (bicyclic) bond motifs is 5. The summed E-state index contributed by atoms with van der Waals surface area (Å²) in [6.07, 6.45) is 8.30. The molecule has 3 rings (SSSR count). The largest absolute Gasteiger partial charge is 0.462 e. The molecule has 5 unspecified atom stereocenters. The first-order valence-electron chi connectivity index (χ1n) is 6.58. The van der Waals surface area contributed by atoms with Gasteiger partial charge in [-0.1, -0.05) is 13.0 Å². The van der Waals surface area contributed by atoms with Crippen LogP contribution in [0.3, 0.4) is 0 Å². The van der Waals surface area contributed by atoms with Gasteiger partial charge in [-0.2, -0.15) is 0 Å². The quantitative estimate of drug-likeness (QED) is 0.540. The molecule has 0 aliphatic heterocycles. The first-order valence-corrected chi connectivity index (χ1v) is 6.58. The third-order valence-corrected chi connectivity index (χ3v) is 5.17. The maximum atomic E-state index is 11.1. The van der Waals surface area contributed by atoms with Crippen molar-refractivity contribution in [2.75, 3.05) is 6.61 Å². The van der Waals surface area contributed by atoms with Gasteiger partial charge in [0.1, 0.15) is 0 Å². The summed E-state index contributed by atoms with van der Waals surface area (Å²) >= 11 is 0. The average molecular weight is 220 g/mol. The molecule has 0 aromatic carbocycles. The van der Waals surface area contributed by atoms with Crippen LogP contribution in [0.2, 0.25) is 0 Å². The van der Waals surface area contributed by atoms with Crippen molar-refractivity contribution in [1.82, 2.24) is 0 Å². The fourth-order valence-electron chi connectivity index (χ4n) is 4.65. The minimum atomic E-state index is -0.259. The van der Waals surface area contributed by atoms with Gasteiger partial charge in [-0.3, -0.25) is 0 Å². The van der Waals surface area contributed by atoms with Gasteiger partial charge in [0, 0.05) is 6.08 Å².